The van der Waals surface area contributed by atoms with Crippen LogP contribution >= 0.6 is 0 Å². The van der Waals surface area contributed by atoms with Gasteiger partial charge in [-0.3, -0.25) is 15.0 Å². The second-order valence-electron chi connectivity index (χ2n) is 10.2. The number of carbonyl (C=O) groups excluding carboxylic acids is 1. The third-order valence-electron chi connectivity index (χ3n) is 7.49. The molecule has 3 heterocycles. The molecule has 1 atom stereocenters. The number of nitrogens with zero attached hydrogens (tertiary/aromatic N) is 7. The standard InChI is InChI=1S/C29H34N8O4/c1-20-25(28-31-33-34(3)32-28)27(22-9-7-12-24(19-22)37(39)40)26(21(2)30-20)29(38)41-18-8-13-35-14-16-36(17-15-35)23-10-5-4-6-11-23/h4-7,9-12,19,27,30H,8,13-18H2,1-3H3. The Morgan fingerprint density at radius 3 is 2.51 bits per heavy atom. The molecule has 3 aromatic rings. The Bertz CT molecular complexity index is 1470. The van der Waals surface area contributed by atoms with Crippen molar-refractivity contribution in [2.45, 2.75) is 26.2 Å². The number of aromatic nitrogens is 4. The fraction of sp³-hybridized carbons (Fsp3) is 0.379. The molecule has 0 bridgehead atoms. The third-order valence-corrected chi connectivity index (χ3v) is 7.49. The van der Waals surface area contributed by atoms with Gasteiger partial charge in [0.2, 0.25) is 5.82 Å². The Morgan fingerprint density at radius 1 is 1.07 bits per heavy atom. The van der Waals surface area contributed by atoms with Crippen molar-refractivity contribution >= 4 is 22.9 Å². The monoisotopic (exact) mass is 558 g/mol. The van der Waals surface area contributed by atoms with Crippen molar-refractivity contribution in [3.63, 3.8) is 0 Å². The minimum absolute atomic E-state index is 0.0668. The van der Waals surface area contributed by atoms with E-state index in [4.69, 9.17) is 4.74 Å². The number of anilines is 1. The van der Waals surface area contributed by atoms with E-state index in [1.54, 1.807) is 26.1 Å². The number of hydrogen-bond donors (Lipinski definition) is 1. The summed E-state index contributed by atoms with van der Waals surface area (Å²) in [7, 11) is 1.66. The second kappa shape index (κ2) is 12.3. The Kier molecular flexibility index (Phi) is 8.39. The van der Waals surface area contributed by atoms with Crippen LogP contribution in [0.15, 0.2) is 71.6 Å². The van der Waals surface area contributed by atoms with E-state index in [-0.39, 0.29) is 12.3 Å². The molecule has 2 aromatic carbocycles. The smallest absolute Gasteiger partial charge is 0.336 e. The van der Waals surface area contributed by atoms with Crippen molar-refractivity contribution in [2.75, 3.05) is 44.2 Å². The molecule has 1 unspecified atom stereocenters. The number of piperazine rings is 1. The summed E-state index contributed by atoms with van der Waals surface area (Å²) in [4.78, 5) is 30.8. The van der Waals surface area contributed by atoms with Gasteiger partial charge in [-0.15, -0.1) is 10.2 Å². The maximum atomic E-state index is 13.6. The molecule has 41 heavy (non-hydrogen) atoms. The molecular weight excluding hydrogens is 524 g/mol. The fourth-order valence-electron chi connectivity index (χ4n) is 5.50. The number of non-ortho nitro benzene ring substituents is 1. The average molecular weight is 559 g/mol. The number of allylic oxidation sites excluding steroid dienone is 3. The van der Waals surface area contributed by atoms with Crippen LogP contribution in [-0.2, 0) is 16.6 Å². The molecule has 1 aromatic heterocycles. The van der Waals surface area contributed by atoms with Crippen LogP contribution in [-0.4, -0.2) is 75.3 Å². The van der Waals surface area contributed by atoms with Crippen LogP contribution < -0.4 is 10.2 Å². The molecule has 1 fully saturated rings. The van der Waals surface area contributed by atoms with Crippen molar-refractivity contribution in [1.29, 1.82) is 0 Å². The number of benzene rings is 2. The van der Waals surface area contributed by atoms with E-state index in [0.29, 0.717) is 34.7 Å². The zero-order valence-corrected chi connectivity index (χ0v) is 23.5. The number of ether oxygens (including phenoxy) is 1. The predicted octanol–water partition coefficient (Wildman–Crippen LogP) is 3.27. The number of hydrogen-bond acceptors (Lipinski definition) is 10. The van der Waals surface area contributed by atoms with Crippen LogP contribution in [0.2, 0.25) is 0 Å². The van der Waals surface area contributed by atoms with Gasteiger partial charge in [0, 0.05) is 73.4 Å². The van der Waals surface area contributed by atoms with Gasteiger partial charge in [-0.25, -0.2) is 4.79 Å². The first kappa shape index (κ1) is 28.0. The van der Waals surface area contributed by atoms with Gasteiger partial charge in [0.25, 0.3) is 5.69 Å². The Hall–Kier alpha value is -4.58. The lowest BCUT2D eigenvalue weighted by Gasteiger charge is -2.36. The van der Waals surface area contributed by atoms with E-state index in [2.05, 4.69) is 54.8 Å². The van der Waals surface area contributed by atoms with E-state index in [1.165, 1.54) is 22.6 Å². The summed E-state index contributed by atoms with van der Waals surface area (Å²) in [5, 5.41) is 27.3. The molecule has 0 saturated carbocycles. The molecule has 5 rings (SSSR count). The number of aryl methyl sites for hydroxylation is 1. The Labute approximate surface area is 238 Å². The van der Waals surface area contributed by atoms with Gasteiger partial charge in [0.15, 0.2) is 0 Å². The van der Waals surface area contributed by atoms with Crippen LogP contribution in [0.3, 0.4) is 0 Å². The molecule has 2 aliphatic heterocycles. The zero-order chi connectivity index (χ0) is 28.9. The molecule has 1 N–H and O–H groups in total. The number of esters is 1. The summed E-state index contributed by atoms with van der Waals surface area (Å²) >= 11 is 0. The van der Waals surface area contributed by atoms with Gasteiger partial charge in [-0.2, -0.15) is 4.80 Å². The molecule has 0 amide bonds. The molecule has 0 aliphatic carbocycles. The quantitative estimate of drug-likeness (QED) is 0.181. The summed E-state index contributed by atoms with van der Waals surface area (Å²) in [5.41, 5.74) is 4.09. The predicted molar refractivity (Wildman–Crippen MR) is 154 cm³/mol. The second-order valence-corrected chi connectivity index (χ2v) is 10.2. The van der Waals surface area contributed by atoms with E-state index < -0.39 is 16.8 Å². The Balaban J connectivity index is 1.27. The number of tetrazole rings is 1. The van der Waals surface area contributed by atoms with Gasteiger partial charge < -0.3 is 15.0 Å². The summed E-state index contributed by atoms with van der Waals surface area (Å²) in [6.07, 6.45) is 0.700. The summed E-state index contributed by atoms with van der Waals surface area (Å²) in [6, 6.07) is 16.7. The number of para-hydroxylation sites is 1. The molecule has 0 radical (unpaired) electrons. The first-order valence-electron chi connectivity index (χ1n) is 13.7. The molecule has 0 spiro atoms. The lowest BCUT2D eigenvalue weighted by molar-refractivity contribution is -0.384. The molecule has 2 aliphatic rings. The highest BCUT2D eigenvalue weighted by Gasteiger charge is 2.37. The topological polar surface area (TPSA) is 132 Å². The number of nitro groups is 1. The minimum atomic E-state index is -0.668. The van der Waals surface area contributed by atoms with Crippen molar-refractivity contribution in [2.24, 2.45) is 7.05 Å². The lowest BCUT2D eigenvalue weighted by atomic mass is 9.80. The van der Waals surface area contributed by atoms with Gasteiger partial charge in [0.05, 0.1) is 24.2 Å². The summed E-state index contributed by atoms with van der Waals surface area (Å²) in [6.45, 7) is 8.56. The highest BCUT2D eigenvalue weighted by Crippen LogP contribution is 2.43. The van der Waals surface area contributed by atoms with Gasteiger partial charge in [-0.05, 0) is 43.2 Å². The highest BCUT2D eigenvalue weighted by molar-refractivity contribution is 5.97. The maximum Gasteiger partial charge on any atom is 0.336 e. The molecule has 12 heteroatoms. The minimum Gasteiger partial charge on any atom is -0.462 e. The first-order chi connectivity index (χ1) is 19.8. The van der Waals surface area contributed by atoms with Gasteiger partial charge in [-0.1, -0.05) is 30.3 Å². The van der Waals surface area contributed by atoms with E-state index in [9.17, 15) is 14.9 Å². The van der Waals surface area contributed by atoms with Crippen LogP contribution in [0.5, 0.6) is 0 Å². The molecule has 1 saturated heterocycles. The normalized spacial score (nSPS) is 17.9. The highest BCUT2D eigenvalue weighted by atomic mass is 16.6. The lowest BCUT2D eigenvalue weighted by Crippen LogP contribution is -2.46. The number of nitro benzene ring substituents is 1. The molecule has 214 valence electrons. The maximum absolute atomic E-state index is 13.6. The zero-order valence-electron chi connectivity index (χ0n) is 23.5. The van der Waals surface area contributed by atoms with E-state index in [1.807, 2.05) is 13.0 Å². The largest absolute Gasteiger partial charge is 0.462 e. The van der Waals surface area contributed by atoms with Crippen molar-refractivity contribution in [3.8, 4) is 0 Å². The third kappa shape index (κ3) is 6.27. The van der Waals surface area contributed by atoms with Crippen LogP contribution in [0, 0.1) is 10.1 Å². The number of dihydropyridines is 1. The summed E-state index contributed by atoms with van der Waals surface area (Å²) < 4.78 is 5.80. The number of rotatable bonds is 9. The Morgan fingerprint density at radius 2 is 1.83 bits per heavy atom. The van der Waals surface area contributed by atoms with Crippen molar-refractivity contribution in [3.05, 3.63) is 93.1 Å². The first-order valence-corrected chi connectivity index (χ1v) is 13.7. The van der Waals surface area contributed by atoms with Crippen LogP contribution in [0.1, 0.15) is 37.6 Å². The van der Waals surface area contributed by atoms with Gasteiger partial charge in [0.1, 0.15) is 0 Å². The number of carbonyl (C=O) groups is 1. The van der Waals surface area contributed by atoms with Gasteiger partial charge >= 0.3 is 5.97 Å². The molecule has 12 nitrogen and oxygen atoms in total. The van der Waals surface area contributed by atoms with E-state index >= 15 is 0 Å². The average Bonchev–Trinajstić information content (AvgIpc) is 3.41. The molecular formula is C29H34N8O4. The van der Waals surface area contributed by atoms with Crippen molar-refractivity contribution < 1.29 is 14.5 Å². The SMILES string of the molecule is CC1=C(C(=O)OCCCN2CCN(c3ccccc3)CC2)C(c2cccc([N+](=O)[O-])c2)C(c2nnn(C)n2)=C(C)N1. The van der Waals surface area contributed by atoms with Crippen molar-refractivity contribution in [1.82, 2.24) is 30.4 Å². The van der Waals surface area contributed by atoms with Crippen LogP contribution in [0.4, 0.5) is 11.4 Å². The van der Waals surface area contributed by atoms with E-state index in [0.717, 1.165) is 38.4 Å². The number of nitrogens with one attached hydrogen (secondary N) is 1. The fourth-order valence-corrected chi connectivity index (χ4v) is 5.50. The summed E-state index contributed by atoms with van der Waals surface area (Å²) in [5.74, 6) is -0.811. The van der Waals surface area contributed by atoms with Crippen LogP contribution in [0.25, 0.3) is 5.57 Å².